The van der Waals surface area contributed by atoms with E-state index in [0.717, 1.165) is 50.8 Å². The SMILES string of the molecule is COc1cc(C=CC=Cc2ccccc2)ccc1N(c1ccccc1)c1ccc(C=CC=Cc2ccccc2)cc1OC. The molecule has 5 rings (SSSR count). The summed E-state index contributed by atoms with van der Waals surface area (Å²) in [6.07, 6.45) is 16.5. The summed E-state index contributed by atoms with van der Waals surface area (Å²) < 4.78 is 11.9. The first kappa shape index (κ1) is 29.0. The van der Waals surface area contributed by atoms with E-state index in [1.807, 2.05) is 78.9 Å². The zero-order chi connectivity index (χ0) is 29.7. The Morgan fingerprint density at radius 2 is 0.791 bits per heavy atom. The van der Waals surface area contributed by atoms with Crippen LogP contribution in [0.4, 0.5) is 17.1 Å². The Morgan fingerprint density at radius 1 is 0.419 bits per heavy atom. The number of para-hydroxylation sites is 1. The second-order valence-corrected chi connectivity index (χ2v) is 9.79. The molecular formula is C40H35NO2. The first-order valence-electron chi connectivity index (χ1n) is 14.3. The van der Waals surface area contributed by atoms with Gasteiger partial charge in [-0.05, 0) is 58.7 Å². The predicted molar refractivity (Wildman–Crippen MR) is 183 cm³/mol. The lowest BCUT2D eigenvalue weighted by Gasteiger charge is -2.28. The Hall–Kier alpha value is -5.54. The molecular weight excluding hydrogens is 526 g/mol. The van der Waals surface area contributed by atoms with Crippen molar-refractivity contribution >= 4 is 41.4 Å². The number of ether oxygens (including phenoxy) is 2. The van der Waals surface area contributed by atoms with E-state index in [4.69, 9.17) is 9.47 Å². The van der Waals surface area contributed by atoms with E-state index >= 15 is 0 Å². The van der Waals surface area contributed by atoms with Crippen molar-refractivity contribution < 1.29 is 9.47 Å². The first-order chi connectivity index (χ1) is 21.2. The molecule has 0 heterocycles. The molecule has 5 aromatic rings. The van der Waals surface area contributed by atoms with Gasteiger partial charge in [-0.25, -0.2) is 0 Å². The first-order valence-corrected chi connectivity index (χ1v) is 14.3. The highest BCUT2D eigenvalue weighted by Crippen LogP contribution is 2.44. The standard InChI is InChI=1S/C40H35NO2/c1-42-39-30-34(22-14-12-20-32-16-6-3-7-17-32)26-28-37(39)41(36-24-10-5-11-25-36)38-29-27-35(31-40(38)43-2)23-15-13-21-33-18-8-4-9-19-33/h3-31H,1-2H3. The molecule has 0 saturated heterocycles. The smallest absolute Gasteiger partial charge is 0.143 e. The van der Waals surface area contributed by atoms with Crippen LogP contribution in [0.3, 0.4) is 0 Å². The van der Waals surface area contributed by atoms with Gasteiger partial charge in [-0.2, -0.15) is 0 Å². The lowest BCUT2D eigenvalue weighted by molar-refractivity contribution is 0.412. The summed E-state index contributed by atoms with van der Waals surface area (Å²) in [5.74, 6) is 1.52. The molecule has 0 fully saturated rings. The summed E-state index contributed by atoms with van der Waals surface area (Å²) in [5.41, 5.74) is 7.25. The molecule has 0 atom stereocenters. The van der Waals surface area contributed by atoms with Crippen LogP contribution >= 0.6 is 0 Å². The fourth-order valence-corrected chi connectivity index (χ4v) is 4.75. The minimum atomic E-state index is 0.759. The van der Waals surface area contributed by atoms with Crippen molar-refractivity contribution in [1.82, 2.24) is 0 Å². The number of benzene rings is 5. The second kappa shape index (κ2) is 14.9. The van der Waals surface area contributed by atoms with Crippen molar-refractivity contribution in [3.8, 4) is 11.5 Å². The highest BCUT2D eigenvalue weighted by Gasteiger charge is 2.20. The molecule has 0 bridgehead atoms. The Labute approximate surface area is 255 Å². The minimum absolute atomic E-state index is 0.759. The number of nitrogens with zero attached hydrogens (tertiary/aromatic N) is 1. The molecule has 0 aliphatic carbocycles. The van der Waals surface area contributed by atoms with Gasteiger partial charge >= 0.3 is 0 Å². The third-order valence-electron chi connectivity index (χ3n) is 6.88. The Balaban J connectivity index is 1.44. The number of methoxy groups -OCH3 is 2. The van der Waals surface area contributed by atoms with E-state index in [2.05, 4.69) is 102 Å². The van der Waals surface area contributed by atoms with Gasteiger partial charge in [0, 0.05) is 5.69 Å². The monoisotopic (exact) mass is 561 g/mol. The maximum absolute atomic E-state index is 5.93. The molecule has 0 spiro atoms. The van der Waals surface area contributed by atoms with Crippen molar-refractivity contribution in [1.29, 1.82) is 0 Å². The molecule has 212 valence electrons. The highest BCUT2D eigenvalue weighted by molar-refractivity contribution is 5.84. The average Bonchev–Trinajstić information content (AvgIpc) is 3.07. The van der Waals surface area contributed by atoms with Gasteiger partial charge in [-0.3, -0.25) is 0 Å². The highest BCUT2D eigenvalue weighted by atomic mass is 16.5. The minimum Gasteiger partial charge on any atom is -0.495 e. The second-order valence-electron chi connectivity index (χ2n) is 9.79. The van der Waals surface area contributed by atoms with Crippen LogP contribution in [0, 0.1) is 0 Å². The maximum atomic E-state index is 5.93. The van der Waals surface area contributed by atoms with Crippen molar-refractivity contribution in [3.05, 3.63) is 174 Å². The Bertz CT molecular complexity index is 1610. The van der Waals surface area contributed by atoms with E-state index < -0.39 is 0 Å². The van der Waals surface area contributed by atoms with E-state index in [9.17, 15) is 0 Å². The summed E-state index contributed by atoms with van der Waals surface area (Å²) in [5, 5.41) is 0. The summed E-state index contributed by atoms with van der Waals surface area (Å²) in [7, 11) is 3.41. The fourth-order valence-electron chi connectivity index (χ4n) is 4.75. The van der Waals surface area contributed by atoms with Gasteiger partial charge in [0.1, 0.15) is 11.5 Å². The molecule has 0 radical (unpaired) electrons. The lowest BCUT2D eigenvalue weighted by atomic mass is 10.1. The third-order valence-corrected chi connectivity index (χ3v) is 6.88. The Kier molecular flexibility index (Phi) is 10.0. The van der Waals surface area contributed by atoms with Crippen LogP contribution in [0.25, 0.3) is 24.3 Å². The van der Waals surface area contributed by atoms with Crippen LogP contribution in [-0.4, -0.2) is 14.2 Å². The number of rotatable bonds is 11. The van der Waals surface area contributed by atoms with Crippen molar-refractivity contribution in [2.45, 2.75) is 0 Å². The summed E-state index contributed by atoms with van der Waals surface area (Å²) in [4.78, 5) is 2.17. The number of hydrogen-bond donors (Lipinski definition) is 0. The molecule has 43 heavy (non-hydrogen) atoms. The molecule has 0 amide bonds. The van der Waals surface area contributed by atoms with Crippen LogP contribution in [0.15, 0.2) is 152 Å². The van der Waals surface area contributed by atoms with Crippen LogP contribution in [0.1, 0.15) is 22.3 Å². The molecule has 3 heteroatoms. The number of anilines is 3. The number of hydrogen-bond acceptors (Lipinski definition) is 3. The third kappa shape index (κ3) is 7.81. The van der Waals surface area contributed by atoms with Gasteiger partial charge in [0.25, 0.3) is 0 Å². The van der Waals surface area contributed by atoms with Gasteiger partial charge in [-0.15, -0.1) is 0 Å². The van der Waals surface area contributed by atoms with Crippen LogP contribution < -0.4 is 14.4 Å². The molecule has 3 nitrogen and oxygen atoms in total. The van der Waals surface area contributed by atoms with Crippen LogP contribution in [0.2, 0.25) is 0 Å². The van der Waals surface area contributed by atoms with E-state index in [1.54, 1.807) is 14.2 Å². The molecule has 0 aromatic heterocycles. The molecule has 0 aliphatic rings. The van der Waals surface area contributed by atoms with Gasteiger partial charge in [0.2, 0.25) is 0 Å². The van der Waals surface area contributed by atoms with Crippen molar-refractivity contribution in [2.75, 3.05) is 19.1 Å². The normalized spacial score (nSPS) is 11.6. The van der Waals surface area contributed by atoms with Gasteiger partial charge in [0.15, 0.2) is 0 Å². The lowest BCUT2D eigenvalue weighted by Crippen LogP contribution is -2.12. The zero-order valence-electron chi connectivity index (χ0n) is 24.5. The maximum Gasteiger partial charge on any atom is 0.143 e. The fraction of sp³-hybridized carbons (Fsp3) is 0.0500. The predicted octanol–water partition coefficient (Wildman–Crippen LogP) is 10.6. The van der Waals surface area contributed by atoms with E-state index in [-0.39, 0.29) is 0 Å². The van der Waals surface area contributed by atoms with Gasteiger partial charge < -0.3 is 14.4 Å². The van der Waals surface area contributed by atoms with Crippen LogP contribution in [-0.2, 0) is 0 Å². The molecule has 0 aliphatic heterocycles. The number of allylic oxidation sites excluding steroid dienone is 4. The molecule has 0 saturated carbocycles. The van der Waals surface area contributed by atoms with E-state index in [0.29, 0.717) is 0 Å². The van der Waals surface area contributed by atoms with Crippen molar-refractivity contribution in [3.63, 3.8) is 0 Å². The summed E-state index contributed by atoms with van der Waals surface area (Å²) >= 11 is 0. The molecule has 0 unspecified atom stereocenters. The van der Waals surface area contributed by atoms with Gasteiger partial charge in [-0.1, -0.05) is 140 Å². The largest absolute Gasteiger partial charge is 0.495 e. The zero-order valence-corrected chi connectivity index (χ0v) is 24.5. The Morgan fingerprint density at radius 3 is 1.19 bits per heavy atom. The average molecular weight is 562 g/mol. The van der Waals surface area contributed by atoms with E-state index in [1.165, 1.54) is 0 Å². The summed E-state index contributed by atoms with van der Waals surface area (Å²) in [6.45, 7) is 0. The molecule has 5 aromatic carbocycles. The van der Waals surface area contributed by atoms with Crippen LogP contribution in [0.5, 0.6) is 11.5 Å². The van der Waals surface area contributed by atoms with Crippen molar-refractivity contribution in [2.24, 2.45) is 0 Å². The molecule has 0 N–H and O–H groups in total. The topological polar surface area (TPSA) is 21.7 Å². The summed E-state index contributed by atoms with van der Waals surface area (Å²) in [6, 6.07) is 43.3. The van der Waals surface area contributed by atoms with Gasteiger partial charge in [0.05, 0.1) is 25.6 Å². The quantitative estimate of drug-likeness (QED) is 0.150.